The van der Waals surface area contributed by atoms with Gasteiger partial charge in [0.2, 0.25) is 0 Å². The van der Waals surface area contributed by atoms with Crippen LogP contribution in [0.5, 0.6) is 0 Å². The molecule has 0 saturated carbocycles. The molecule has 2 aliphatic heterocycles. The summed E-state index contributed by atoms with van der Waals surface area (Å²) >= 11 is 0. The second kappa shape index (κ2) is 4.94. The van der Waals surface area contributed by atoms with E-state index in [-0.39, 0.29) is 5.97 Å². The Balaban J connectivity index is 2.21. The van der Waals surface area contributed by atoms with E-state index in [0.717, 1.165) is 32.4 Å². The monoisotopic (exact) mass is 240 g/mol. The van der Waals surface area contributed by atoms with Crippen molar-refractivity contribution in [1.29, 1.82) is 0 Å². The number of carbonyl (C=O) groups excluding carboxylic acids is 1. The van der Waals surface area contributed by atoms with Gasteiger partial charge < -0.3 is 4.74 Å². The number of ether oxygens (including phenoxy) is 1. The molecule has 98 valence electrons. The van der Waals surface area contributed by atoms with Crippen LogP contribution in [-0.2, 0) is 9.53 Å². The summed E-state index contributed by atoms with van der Waals surface area (Å²) in [6.07, 6.45) is 4.23. The van der Waals surface area contributed by atoms with Crippen LogP contribution in [-0.4, -0.2) is 48.7 Å². The lowest BCUT2D eigenvalue weighted by molar-refractivity contribution is -0.150. The number of nitrogens with zero attached hydrogens (tertiary/aromatic N) is 1. The molecular formula is C13H24N2O2. The number of fused-ring (bicyclic) bond motifs is 1. The van der Waals surface area contributed by atoms with Crippen molar-refractivity contribution in [1.82, 2.24) is 10.2 Å². The van der Waals surface area contributed by atoms with Gasteiger partial charge >= 0.3 is 5.97 Å². The second-order valence-corrected chi connectivity index (χ2v) is 5.36. The number of rotatable bonds is 4. The number of hydrogen-bond donors (Lipinski definition) is 1. The Labute approximate surface area is 104 Å². The van der Waals surface area contributed by atoms with Crippen molar-refractivity contribution < 1.29 is 9.53 Å². The Morgan fingerprint density at radius 2 is 2.35 bits per heavy atom. The largest absolute Gasteiger partial charge is 0.468 e. The molecule has 0 amide bonds. The fourth-order valence-electron chi connectivity index (χ4n) is 3.33. The molecule has 0 aromatic carbocycles. The number of carbonyl (C=O) groups is 1. The number of methoxy groups -OCH3 is 1. The van der Waals surface area contributed by atoms with E-state index < -0.39 is 5.54 Å². The smallest absolute Gasteiger partial charge is 0.327 e. The van der Waals surface area contributed by atoms with Crippen molar-refractivity contribution in [3.05, 3.63) is 0 Å². The predicted molar refractivity (Wildman–Crippen MR) is 66.8 cm³/mol. The lowest BCUT2D eigenvalue weighted by Gasteiger charge is -2.35. The number of esters is 1. The summed E-state index contributed by atoms with van der Waals surface area (Å²) in [6, 6.07) is 0.693. The minimum Gasteiger partial charge on any atom is -0.468 e. The highest BCUT2D eigenvalue weighted by Crippen LogP contribution is 2.37. The maximum atomic E-state index is 12.2. The molecule has 2 fully saturated rings. The molecule has 0 aliphatic carbocycles. The Morgan fingerprint density at radius 1 is 1.59 bits per heavy atom. The van der Waals surface area contributed by atoms with Crippen molar-refractivity contribution in [3.63, 3.8) is 0 Å². The van der Waals surface area contributed by atoms with E-state index >= 15 is 0 Å². The fourth-order valence-corrected chi connectivity index (χ4v) is 3.33. The molecule has 2 rings (SSSR count). The zero-order valence-corrected chi connectivity index (χ0v) is 11.2. The van der Waals surface area contributed by atoms with Crippen molar-refractivity contribution in [2.45, 2.75) is 57.2 Å². The van der Waals surface area contributed by atoms with Gasteiger partial charge in [0.05, 0.1) is 7.11 Å². The number of nitrogens with one attached hydrogen (secondary N) is 1. The molecule has 0 radical (unpaired) electrons. The van der Waals surface area contributed by atoms with Gasteiger partial charge in [0.25, 0.3) is 0 Å². The molecule has 0 spiro atoms. The van der Waals surface area contributed by atoms with Crippen LogP contribution in [0.2, 0.25) is 0 Å². The molecule has 3 atom stereocenters. The summed E-state index contributed by atoms with van der Waals surface area (Å²) < 4.78 is 5.06. The van der Waals surface area contributed by atoms with E-state index in [1.807, 2.05) is 0 Å². The molecule has 17 heavy (non-hydrogen) atoms. The van der Waals surface area contributed by atoms with E-state index in [0.29, 0.717) is 12.1 Å². The summed E-state index contributed by atoms with van der Waals surface area (Å²) in [5.41, 5.74) is -0.458. The SMILES string of the molecule is CCC(C)NC1(C(=O)OC)CCN2CCCC21. The standard InChI is InChI=1S/C13H24N2O2/c1-4-10(2)14-13(12(16)17-3)7-9-15-8-5-6-11(13)15/h10-11,14H,4-9H2,1-3H3. The molecule has 1 N–H and O–H groups in total. The summed E-state index contributed by atoms with van der Waals surface area (Å²) in [7, 11) is 1.50. The lowest BCUT2D eigenvalue weighted by atomic mass is 9.87. The van der Waals surface area contributed by atoms with Gasteiger partial charge in [0, 0.05) is 18.6 Å². The van der Waals surface area contributed by atoms with Crippen molar-refractivity contribution in [2.24, 2.45) is 0 Å². The summed E-state index contributed by atoms with van der Waals surface area (Å²) in [6.45, 7) is 6.43. The van der Waals surface area contributed by atoms with Gasteiger partial charge in [-0.3, -0.25) is 10.2 Å². The fraction of sp³-hybridized carbons (Fsp3) is 0.923. The van der Waals surface area contributed by atoms with Crippen LogP contribution in [0.25, 0.3) is 0 Å². The van der Waals surface area contributed by atoms with Crippen LogP contribution >= 0.6 is 0 Å². The van der Waals surface area contributed by atoms with Crippen LogP contribution in [0.15, 0.2) is 0 Å². The highest BCUT2D eigenvalue weighted by molar-refractivity contribution is 5.82. The third kappa shape index (κ3) is 2.08. The molecule has 3 unspecified atom stereocenters. The van der Waals surface area contributed by atoms with Crippen molar-refractivity contribution >= 4 is 5.97 Å². The Kier molecular flexibility index (Phi) is 3.73. The maximum Gasteiger partial charge on any atom is 0.327 e. The Morgan fingerprint density at radius 3 is 3.00 bits per heavy atom. The first-order valence-electron chi connectivity index (χ1n) is 6.74. The average molecular weight is 240 g/mol. The summed E-state index contributed by atoms with van der Waals surface area (Å²) in [5, 5.41) is 3.55. The van der Waals surface area contributed by atoms with Gasteiger partial charge in [-0.1, -0.05) is 6.92 Å². The molecule has 2 saturated heterocycles. The van der Waals surface area contributed by atoms with Gasteiger partial charge in [-0.2, -0.15) is 0 Å². The molecular weight excluding hydrogens is 216 g/mol. The van der Waals surface area contributed by atoms with Gasteiger partial charge in [0.15, 0.2) is 0 Å². The third-order valence-corrected chi connectivity index (χ3v) is 4.39. The van der Waals surface area contributed by atoms with E-state index in [4.69, 9.17) is 4.74 Å². The van der Waals surface area contributed by atoms with Gasteiger partial charge in [-0.25, -0.2) is 4.79 Å². The normalized spacial score (nSPS) is 34.6. The van der Waals surface area contributed by atoms with Crippen LogP contribution in [0.4, 0.5) is 0 Å². The molecule has 4 nitrogen and oxygen atoms in total. The quantitative estimate of drug-likeness (QED) is 0.749. The van der Waals surface area contributed by atoms with Gasteiger partial charge in [0.1, 0.15) is 5.54 Å². The Hall–Kier alpha value is -0.610. The lowest BCUT2D eigenvalue weighted by Crippen LogP contribution is -2.61. The van der Waals surface area contributed by atoms with Crippen LogP contribution in [0.1, 0.15) is 39.5 Å². The zero-order chi connectivity index (χ0) is 12.5. The summed E-state index contributed by atoms with van der Waals surface area (Å²) in [4.78, 5) is 14.7. The topological polar surface area (TPSA) is 41.6 Å². The summed E-state index contributed by atoms with van der Waals surface area (Å²) in [5.74, 6) is -0.0767. The minimum atomic E-state index is -0.458. The molecule has 2 heterocycles. The van der Waals surface area contributed by atoms with Crippen LogP contribution < -0.4 is 5.32 Å². The number of hydrogen-bond acceptors (Lipinski definition) is 4. The maximum absolute atomic E-state index is 12.2. The van der Waals surface area contributed by atoms with Crippen molar-refractivity contribution in [3.8, 4) is 0 Å². The predicted octanol–water partition coefficient (Wildman–Crippen LogP) is 1.15. The first-order chi connectivity index (χ1) is 8.14. The van der Waals surface area contributed by atoms with E-state index in [9.17, 15) is 4.79 Å². The first kappa shape index (κ1) is 12.8. The average Bonchev–Trinajstić information content (AvgIpc) is 2.92. The molecule has 0 aromatic heterocycles. The highest BCUT2D eigenvalue weighted by Gasteiger charge is 2.55. The van der Waals surface area contributed by atoms with Crippen molar-refractivity contribution in [2.75, 3.05) is 20.2 Å². The molecule has 2 aliphatic rings. The highest BCUT2D eigenvalue weighted by atomic mass is 16.5. The second-order valence-electron chi connectivity index (χ2n) is 5.36. The van der Waals surface area contributed by atoms with E-state index in [1.165, 1.54) is 13.5 Å². The third-order valence-electron chi connectivity index (χ3n) is 4.39. The Bertz CT molecular complexity index is 295. The van der Waals surface area contributed by atoms with Gasteiger partial charge in [-0.15, -0.1) is 0 Å². The van der Waals surface area contributed by atoms with Gasteiger partial charge in [-0.05, 0) is 39.2 Å². The molecule has 0 aromatic rings. The zero-order valence-electron chi connectivity index (χ0n) is 11.2. The first-order valence-corrected chi connectivity index (χ1v) is 6.74. The van der Waals surface area contributed by atoms with E-state index in [2.05, 4.69) is 24.1 Å². The molecule has 4 heteroatoms. The molecule has 0 bridgehead atoms. The van der Waals surface area contributed by atoms with Crippen LogP contribution in [0.3, 0.4) is 0 Å². The minimum absolute atomic E-state index is 0.0767. The van der Waals surface area contributed by atoms with E-state index in [1.54, 1.807) is 0 Å². The van der Waals surface area contributed by atoms with Crippen LogP contribution in [0, 0.1) is 0 Å².